The van der Waals surface area contributed by atoms with Crippen LogP contribution in [0, 0.1) is 29.6 Å². The Hall–Kier alpha value is -2.53. The van der Waals surface area contributed by atoms with Crippen molar-refractivity contribution in [1.82, 2.24) is 0 Å². The molecule has 0 saturated heterocycles. The summed E-state index contributed by atoms with van der Waals surface area (Å²) in [5, 5.41) is 26.2. The van der Waals surface area contributed by atoms with Gasteiger partial charge in [0.25, 0.3) is 0 Å². The highest BCUT2D eigenvalue weighted by atomic mass is 16.4. The van der Waals surface area contributed by atoms with Crippen molar-refractivity contribution in [1.29, 1.82) is 10.5 Å². The van der Waals surface area contributed by atoms with Crippen molar-refractivity contribution >= 4 is 11.7 Å². The van der Waals surface area contributed by atoms with Crippen LogP contribution in [-0.4, -0.2) is 24.2 Å². The highest BCUT2D eigenvalue weighted by molar-refractivity contribution is 5.88. The normalized spacial score (nSPS) is 9.12. The summed E-state index contributed by atoms with van der Waals surface area (Å²) in [4.78, 5) is 12.4. The van der Waals surface area contributed by atoms with Gasteiger partial charge in [-0.1, -0.05) is 0 Å². The lowest BCUT2D eigenvalue weighted by atomic mass is 10.1. The number of carboxylic acids is 1. The molecule has 86 valence electrons. The summed E-state index contributed by atoms with van der Waals surface area (Å²) in [5.74, 6) is -0.994. The first kappa shape index (κ1) is 12.5. The van der Waals surface area contributed by atoms with Gasteiger partial charge in [-0.3, -0.25) is 0 Å². The molecule has 0 saturated carbocycles. The third kappa shape index (κ3) is 2.96. The van der Waals surface area contributed by atoms with Crippen LogP contribution in [0.3, 0.4) is 0 Å². The molecule has 0 fully saturated rings. The fourth-order valence-corrected chi connectivity index (χ4v) is 1.54. The Morgan fingerprint density at radius 1 is 1.35 bits per heavy atom. The Balaban J connectivity index is 3.09. The minimum atomic E-state index is -0.994. The average molecular weight is 229 g/mol. The molecule has 1 rings (SSSR count). The van der Waals surface area contributed by atoms with E-state index in [1.165, 1.54) is 12.1 Å². The first-order chi connectivity index (χ1) is 8.10. The first-order valence-electron chi connectivity index (χ1n) is 4.93. The van der Waals surface area contributed by atoms with Crippen LogP contribution in [0.5, 0.6) is 0 Å². The maximum absolute atomic E-state index is 10.8. The molecule has 0 spiro atoms. The molecule has 17 heavy (non-hydrogen) atoms. The number of carbonyl (C=O) groups is 1. The van der Waals surface area contributed by atoms with Gasteiger partial charge in [0.1, 0.15) is 13.1 Å². The lowest BCUT2D eigenvalue weighted by Crippen LogP contribution is -2.24. The first-order valence-corrected chi connectivity index (χ1v) is 4.93. The number of benzene rings is 1. The molecular weight excluding hydrogens is 218 g/mol. The summed E-state index contributed by atoms with van der Waals surface area (Å²) in [6, 6.07) is 8.56. The van der Waals surface area contributed by atoms with E-state index in [2.05, 4.69) is 0 Å². The third-order valence-corrected chi connectivity index (χ3v) is 2.31. The molecular formula is C12H11N3O2. The molecule has 1 aromatic carbocycles. The van der Waals surface area contributed by atoms with E-state index in [0.29, 0.717) is 5.69 Å². The van der Waals surface area contributed by atoms with Crippen molar-refractivity contribution in [3.05, 3.63) is 29.3 Å². The quantitative estimate of drug-likeness (QED) is 0.791. The Morgan fingerprint density at radius 3 is 2.35 bits per heavy atom. The topological polar surface area (TPSA) is 88.1 Å². The predicted molar refractivity (Wildman–Crippen MR) is 61.6 cm³/mol. The summed E-state index contributed by atoms with van der Waals surface area (Å²) < 4.78 is 0. The Bertz CT molecular complexity index is 495. The maximum Gasteiger partial charge on any atom is 0.335 e. The third-order valence-electron chi connectivity index (χ3n) is 2.31. The average Bonchev–Trinajstić information content (AvgIpc) is 2.28. The van der Waals surface area contributed by atoms with Crippen LogP contribution >= 0.6 is 0 Å². The van der Waals surface area contributed by atoms with Crippen molar-refractivity contribution in [3.8, 4) is 12.1 Å². The van der Waals surface area contributed by atoms with E-state index in [9.17, 15) is 4.79 Å². The van der Waals surface area contributed by atoms with Gasteiger partial charge in [0, 0.05) is 5.69 Å². The van der Waals surface area contributed by atoms with Gasteiger partial charge in [-0.2, -0.15) is 10.5 Å². The van der Waals surface area contributed by atoms with Gasteiger partial charge in [0.2, 0.25) is 0 Å². The molecule has 5 heteroatoms. The standard InChI is InChI=1S/C12H11N3O2/c1-9-8-10(12(16)17)2-3-11(9)15(6-4-13)7-5-14/h2-3,8H,6-7H2,1H3,(H,16,17). The molecule has 0 atom stereocenters. The van der Waals surface area contributed by atoms with Gasteiger partial charge >= 0.3 is 5.97 Å². The summed E-state index contributed by atoms with van der Waals surface area (Å²) in [5.41, 5.74) is 1.63. The lowest BCUT2D eigenvalue weighted by Gasteiger charge is -2.20. The van der Waals surface area contributed by atoms with Gasteiger partial charge in [-0.05, 0) is 30.7 Å². The fraction of sp³-hybridized carbons (Fsp3) is 0.250. The van der Waals surface area contributed by atoms with Crippen LogP contribution in [0.2, 0.25) is 0 Å². The maximum atomic E-state index is 10.8. The molecule has 0 aliphatic heterocycles. The van der Waals surface area contributed by atoms with Gasteiger partial charge in [0.05, 0.1) is 17.7 Å². The van der Waals surface area contributed by atoms with Crippen molar-refractivity contribution in [2.75, 3.05) is 18.0 Å². The Kier molecular flexibility index (Phi) is 4.08. The smallest absolute Gasteiger partial charge is 0.335 e. The van der Waals surface area contributed by atoms with Crippen LogP contribution in [-0.2, 0) is 0 Å². The van der Waals surface area contributed by atoms with Crippen molar-refractivity contribution < 1.29 is 9.90 Å². The highest BCUT2D eigenvalue weighted by Crippen LogP contribution is 2.20. The SMILES string of the molecule is Cc1cc(C(=O)O)ccc1N(CC#N)CC#N. The molecule has 0 aromatic heterocycles. The lowest BCUT2D eigenvalue weighted by molar-refractivity contribution is 0.0697. The molecule has 5 nitrogen and oxygen atoms in total. The van der Waals surface area contributed by atoms with Crippen LogP contribution in [0.15, 0.2) is 18.2 Å². The van der Waals surface area contributed by atoms with E-state index < -0.39 is 5.97 Å². The highest BCUT2D eigenvalue weighted by Gasteiger charge is 2.11. The van der Waals surface area contributed by atoms with Crippen molar-refractivity contribution in [2.24, 2.45) is 0 Å². The molecule has 0 aliphatic carbocycles. The van der Waals surface area contributed by atoms with Gasteiger partial charge in [-0.25, -0.2) is 4.79 Å². The monoisotopic (exact) mass is 229 g/mol. The van der Waals surface area contributed by atoms with Crippen LogP contribution in [0.4, 0.5) is 5.69 Å². The van der Waals surface area contributed by atoms with E-state index in [-0.39, 0.29) is 18.7 Å². The van der Waals surface area contributed by atoms with Crippen molar-refractivity contribution in [2.45, 2.75) is 6.92 Å². The number of hydrogen-bond acceptors (Lipinski definition) is 4. The second-order valence-corrected chi connectivity index (χ2v) is 3.48. The molecule has 0 radical (unpaired) electrons. The largest absolute Gasteiger partial charge is 0.478 e. The van der Waals surface area contributed by atoms with Crippen LogP contribution < -0.4 is 4.90 Å². The second kappa shape index (κ2) is 5.53. The summed E-state index contributed by atoms with van der Waals surface area (Å²) in [6.45, 7) is 1.95. The number of rotatable bonds is 4. The molecule has 0 unspecified atom stereocenters. The Morgan fingerprint density at radius 2 is 1.94 bits per heavy atom. The van der Waals surface area contributed by atoms with E-state index in [1.807, 2.05) is 12.1 Å². The number of nitriles is 2. The number of nitrogens with zero attached hydrogens (tertiary/aromatic N) is 3. The number of aryl methyl sites for hydroxylation is 1. The molecule has 1 aromatic rings. The zero-order valence-electron chi connectivity index (χ0n) is 9.34. The van der Waals surface area contributed by atoms with Gasteiger partial charge in [0.15, 0.2) is 0 Å². The number of hydrogen-bond donors (Lipinski definition) is 1. The van der Waals surface area contributed by atoms with Crippen molar-refractivity contribution in [3.63, 3.8) is 0 Å². The van der Waals surface area contributed by atoms with Gasteiger partial charge < -0.3 is 10.0 Å². The summed E-state index contributed by atoms with van der Waals surface area (Å²) in [7, 11) is 0. The van der Waals surface area contributed by atoms with E-state index in [4.69, 9.17) is 15.6 Å². The minimum absolute atomic E-state index is 0.0980. The summed E-state index contributed by atoms with van der Waals surface area (Å²) >= 11 is 0. The van der Waals surface area contributed by atoms with E-state index in [0.717, 1.165) is 5.56 Å². The predicted octanol–water partition coefficient (Wildman–Crippen LogP) is 1.55. The number of aromatic carboxylic acids is 1. The minimum Gasteiger partial charge on any atom is -0.478 e. The fourth-order valence-electron chi connectivity index (χ4n) is 1.54. The van der Waals surface area contributed by atoms with Crippen LogP contribution in [0.25, 0.3) is 0 Å². The number of anilines is 1. The van der Waals surface area contributed by atoms with Crippen LogP contribution in [0.1, 0.15) is 15.9 Å². The molecule has 0 heterocycles. The van der Waals surface area contributed by atoms with Gasteiger partial charge in [-0.15, -0.1) is 0 Å². The molecule has 1 N–H and O–H groups in total. The zero-order chi connectivity index (χ0) is 12.8. The second-order valence-electron chi connectivity index (χ2n) is 3.48. The summed E-state index contributed by atoms with van der Waals surface area (Å²) in [6.07, 6.45) is 0. The zero-order valence-corrected chi connectivity index (χ0v) is 9.34. The number of carboxylic acid groups (broad SMARTS) is 1. The molecule has 0 bridgehead atoms. The van der Waals surface area contributed by atoms with E-state index >= 15 is 0 Å². The Labute approximate surface area is 99.1 Å². The molecule has 0 aliphatic rings. The molecule has 0 amide bonds. The van der Waals surface area contributed by atoms with E-state index in [1.54, 1.807) is 17.9 Å².